The largest absolute Gasteiger partial charge is 0.456 e. The summed E-state index contributed by atoms with van der Waals surface area (Å²) in [6.45, 7) is 4.55. The van der Waals surface area contributed by atoms with Crippen molar-refractivity contribution in [2.45, 2.75) is 51.4 Å². The van der Waals surface area contributed by atoms with Crippen LogP contribution < -0.4 is 11.5 Å². The Bertz CT molecular complexity index is 303. The lowest BCUT2D eigenvalue weighted by Crippen LogP contribution is -2.48. The molecule has 1 saturated heterocycles. The van der Waals surface area contributed by atoms with E-state index in [1.54, 1.807) is 13.8 Å². The molecule has 0 bridgehead atoms. The van der Waals surface area contributed by atoms with Crippen LogP contribution in [0, 0.1) is 0 Å². The number of hydrogen-bond donors (Lipinski definition) is 2. The second-order valence-electron chi connectivity index (χ2n) is 4.63. The van der Waals surface area contributed by atoms with Crippen LogP contribution in [-0.4, -0.2) is 43.2 Å². The molecule has 0 aromatic rings. The van der Waals surface area contributed by atoms with Gasteiger partial charge >= 0.3 is 5.97 Å². The van der Waals surface area contributed by atoms with E-state index in [2.05, 4.69) is 4.99 Å². The van der Waals surface area contributed by atoms with Gasteiger partial charge in [0.05, 0.1) is 12.4 Å². The van der Waals surface area contributed by atoms with Gasteiger partial charge < -0.3 is 20.9 Å². The maximum atomic E-state index is 11.3. The zero-order valence-corrected chi connectivity index (χ0v) is 11.1. The Morgan fingerprint density at radius 3 is 2.89 bits per heavy atom. The van der Waals surface area contributed by atoms with Crippen LogP contribution in [0.25, 0.3) is 0 Å². The van der Waals surface area contributed by atoms with Crippen LogP contribution in [0.1, 0.15) is 33.1 Å². The molecule has 1 rings (SSSR count). The van der Waals surface area contributed by atoms with E-state index in [4.69, 9.17) is 20.9 Å². The molecule has 0 saturated carbocycles. The van der Waals surface area contributed by atoms with Crippen molar-refractivity contribution in [2.24, 2.45) is 16.5 Å². The van der Waals surface area contributed by atoms with Crippen LogP contribution in [0.4, 0.5) is 0 Å². The molecule has 3 atom stereocenters. The SMILES string of the molecule is CC(N)=NCCCCC(N)C1COC(C)C(=O)O1. The summed E-state index contributed by atoms with van der Waals surface area (Å²) in [6, 6.07) is -0.176. The summed E-state index contributed by atoms with van der Waals surface area (Å²) in [4.78, 5) is 15.4. The van der Waals surface area contributed by atoms with Crippen molar-refractivity contribution in [1.82, 2.24) is 0 Å². The number of aliphatic imine (C=N–C) groups is 1. The molecule has 0 aromatic heterocycles. The summed E-state index contributed by atoms with van der Waals surface area (Å²) >= 11 is 0. The van der Waals surface area contributed by atoms with Crippen molar-refractivity contribution in [3.63, 3.8) is 0 Å². The third-order valence-electron chi connectivity index (χ3n) is 2.89. The average molecular weight is 257 g/mol. The molecule has 0 amide bonds. The monoisotopic (exact) mass is 257 g/mol. The number of nitrogens with two attached hydrogens (primary N) is 2. The van der Waals surface area contributed by atoms with Crippen LogP contribution in [0.2, 0.25) is 0 Å². The molecule has 6 nitrogen and oxygen atoms in total. The number of cyclic esters (lactones) is 1. The first kappa shape index (κ1) is 14.9. The number of carbonyl (C=O) groups excluding carboxylic acids is 1. The Morgan fingerprint density at radius 1 is 1.56 bits per heavy atom. The van der Waals surface area contributed by atoms with E-state index in [1.165, 1.54) is 0 Å². The minimum absolute atomic E-state index is 0.176. The highest BCUT2D eigenvalue weighted by Gasteiger charge is 2.31. The van der Waals surface area contributed by atoms with Crippen molar-refractivity contribution < 1.29 is 14.3 Å². The van der Waals surface area contributed by atoms with Gasteiger partial charge in [0, 0.05) is 12.6 Å². The van der Waals surface area contributed by atoms with E-state index in [1.807, 2.05) is 0 Å². The Kier molecular flexibility index (Phi) is 6.07. The first-order chi connectivity index (χ1) is 8.50. The Morgan fingerprint density at radius 2 is 2.28 bits per heavy atom. The Balaban J connectivity index is 2.19. The molecule has 1 aliphatic heterocycles. The number of amidine groups is 1. The molecule has 104 valence electrons. The van der Waals surface area contributed by atoms with Crippen molar-refractivity contribution >= 4 is 11.8 Å². The summed E-state index contributed by atoms with van der Waals surface area (Å²) in [5, 5.41) is 0. The second kappa shape index (κ2) is 7.33. The lowest BCUT2D eigenvalue weighted by atomic mass is 10.0. The van der Waals surface area contributed by atoms with Gasteiger partial charge in [-0.25, -0.2) is 4.79 Å². The topological polar surface area (TPSA) is 99.9 Å². The predicted molar refractivity (Wildman–Crippen MR) is 69.3 cm³/mol. The van der Waals surface area contributed by atoms with Gasteiger partial charge in [0.1, 0.15) is 6.10 Å². The van der Waals surface area contributed by atoms with Crippen molar-refractivity contribution in [2.75, 3.05) is 13.2 Å². The van der Waals surface area contributed by atoms with Gasteiger partial charge in [-0.1, -0.05) is 0 Å². The van der Waals surface area contributed by atoms with Gasteiger partial charge in [0.2, 0.25) is 0 Å². The summed E-state index contributed by atoms with van der Waals surface area (Å²) in [7, 11) is 0. The first-order valence-corrected chi connectivity index (χ1v) is 6.35. The highest BCUT2D eigenvalue weighted by atomic mass is 16.6. The molecule has 1 heterocycles. The van der Waals surface area contributed by atoms with E-state index in [0.29, 0.717) is 19.0 Å². The molecule has 0 spiro atoms. The van der Waals surface area contributed by atoms with Gasteiger partial charge in [0.15, 0.2) is 6.10 Å². The van der Waals surface area contributed by atoms with Gasteiger partial charge in [-0.2, -0.15) is 0 Å². The zero-order chi connectivity index (χ0) is 13.5. The van der Waals surface area contributed by atoms with Crippen LogP contribution in [0.3, 0.4) is 0 Å². The third kappa shape index (κ3) is 5.01. The Labute approximate surface area is 108 Å². The third-order valence-corrected chi connectivity index (χ3v) is 2.89. The van der Waals surface area contributed by atoms with Gasteiger partial charge in [-0.05, 0) is 33.1 Å². The molecular weight excluding hydrogens is 234 g/mol. The van der Waals surface area contributed by atoms with E-state index in [9.17, 15) is 4.79 Å². The normalized spacial score (nSPS) is 26.8. The summed E-state index contributed by atoms with van der Waals surface area (Å²) in [5.74, 6) is 0.271. The lowest BCUT2D eigenvalue weighted by molar-refractivity contribution is -0.183. The smallest absolute Gasteiger partial charge is 0.335 e. The van der Waals surface area contributed by atoms with Crippen LogP contribution in [0.15, 0.2) is 4.99 Å². The second-order valence-corrected chi connectivity index (χ2v) is 4.63. The predicted octanol–water partition coefficient (Wildman–Crippen LogP) is 0.192. The number of esters is 1. The van der Waals surface area contributed by atoms with Gasteiger partial charge in [-0.3, -0.25) is 4.99 Å². The van der Waals surface area contributed by atoms with Gasteiger partial charge in [0.25, 0.3) is 0 Å². The highest BCUT2D eigenvalue weighted by molar-refractivity contribution is 5.77. The summed E-state index contributed by atoms with van der Waals surface area (Å²) in [6.07, 6.45) is 1.85. The van der Waals surface area contributed by atoms with Crippen molar-refractivity contribution in [1.29, 1.82) is 0 Å². The fraction of sp³-hybridized carbons (Fsp3) is 0.833. The van der Waals surface area contributed by atoms with Crippen molar-refractivity contribution in [3.05, 3.63) is 0 Å². The molecule has 0 radical (unpaired) electrons. The molecule has 1 fully saturated rings. The highest BCUT2D eigenvalue weighted by Crippen LogP contribution is 2.14. The summed E-state index contributed by atoms with van der Waals surface area (Å²) < 4.78 is 10.5. The first-order valence-electron chi connectivity index (χ1n) is 6.35. The molecule has 1 aliphatic rings. The standard InChI is InChI=1S/C12H23N3O3/c1-8-12(16)18-11(7-17-8)10(14)5-3-4-6-15-9(2)13/h8,10-11H,3-7,14H2,1-2H3,(H2,13,15). The molecule has 0 aliphatic carbocycles. The number of hydrogen-bond acceptors (Lipinski definition) is 5. The van der Waals surface area contributed by atoms with Crippen molar-refractivity contribution in [3.8, 4) is 0 Å². The molecule has 6 heteroatoms. The number of carbonyl (C=O) groups is 1. The average Bonchev–Trinajstić information content (AvgIpc) is 2.31. The van der Waals surface area contributed by atoms with E-state index >= 15 is 0 Å². The fourth-order valence-corrected chi connectivity index (χ4v) is 1.73. The van der Waals surface area contributed by atoms with Crippen LogP contribution in [-0.2, 0) is 14.3 Å². The number of unbranched alkanes of at least 4 members (excludes halogenated alkanes) is 1. The molecular formula is C12H23N3O3. The quantitative estimate of drug-likeness (QED) is 0.306. The minimum atomic E-state index is -0.477. The molecule has 18 heavy (non-hydrogen) atoms. The maximum Gasteiger partial charge on any atom is 0.335 e. The van der Waals surface area contributed by atoms with E-state index in [0.717, 1.165) is 19.3 Å². The zero-order valence-electron chi connectivity index (χ0n) is 11.1. The van der Waals surface area contributed by atoms with Gasteiger partial charge in [-0.15, -0.1) is 0 Å². The van der Waals surface area contributed by atoms with Crippen LogP contribution >= 0.6 is 0 Å². The minimum Gasteiger partial charge on any atom is -0.456 e. The van der Waals surface area contributed by atoms with E-state index in [-0.39, 0.29) is 18.1 Å². The maximum absolute atomic E-state index is 11.3. The molecule has 0 aromatic carbocycles. The fourth-order valence-electron chi connectivity index (χ4n) is 1.73. The number of nitrogens with zero attached hydrogens (tertiary/aromatic N) is 1. The lowest BCUT2D eigenvalue weighted by Gasteiger charge is -2.30. The Hall–Kier alpha value is -1.14. The number of ether oxygens (including phenoxy) is 2. The molecule has 3 unspecified atom stereocenters. The van der Waals surface area contributed by atoms with Crippen LogP contribution in [0.5, 0.6) is 0 Å². The molecule has 4 N–H and O–H groups in total. The number of rotatable bonds is 6. The van der Waals surface area contributed by atoms with E-state index < -0.39 is 6.10 Å². The summed E-state index contributed by atoms with van der Waals surface area (Å²) in [5.41, 5.74) is 11.4.